The first-order valence-corrected chi connectivity index (χ1v) is 10.6. The number of ether oxygens (including phenoxy) is 1. The number of aliphatic hydroxyl groups excluding tert-OH is 1. The number of nitrogens with zero attached hydrogens (tertiary/aromatic N) is 1. The van der Waals surface area contributed by atoms with Gasteiger partial charge in [-0.1, -0.05) is 30.3 Å². The Bertz CT molecular complexity index is 908. The Morgan fingerprint density at radius 1 is 1.17 bits per heavy atom. The lowest BCUT2D eigenvalue weighted by atomic mass is 9.79. The van der Waals surface area contributed by atoms with Crippen molar-refractivity contribution in [3.63, 3.8) is 0 Å². The van der Waals surface area contributed by atoms with Crippen molar-refractivity contribution in [2.24, 2.45) is 11.8 Å². The molecule has 0 spiro atoms. The van der Waals surface area contributed by atoms with Gasteiger partial charge in [-0.2, -0.15) is 0 Å². The molecule has 0 bridgehead atoms. The van der Waals surface area contributed by atoms with E-state index in [1.165, 1.54) is 6.07 Å². The molecular formula is C24H27F2NO3. The molecule has 1 aliphatic heterocycles. The smallest absolute Gasteiger partial charge is 0.257 e. The van der Waals surface area contributed by atoms with Gasteiger partial charge in [0, 0.05) is 13.1 Å². The Balaban J connectivity index is 1.45. The summed E-state index contributed by atoms with van der Waals surface area (Å²) in [6.07, 6.45) is 3.40. The molecule has 0 aromatic heterocycles. The van der Waals surface area contributed by atoms with Crippen molar-refractivity contribution in [1.82, 2.24) is 4.90 Å². The summed E-state index contributed by atoms with van der Waals surface area (Å²) in [5.74, 6) is -1.96. The first-order chi connectivity index (χ1) is 14.4. The zero-order valence-electron chi connectivity index (χ0n) is 17.1. The number of rotatable bonds is 6. The number of carbonyl (C=O) groups is 1. The van der Waals surface area contributed by atoms with Crippen molar-refractivity contribution in [1.29, 1.82) is 0 Å². The normalized spacial score (nSPS) is 22.1. The number of carbonyl (C=O) groups excluding carboxylic acids is 1. The van der Waals surface area contributed by atoms with Crippen molar-refractivity contribution in [2.45, 2.75) is 51.9 Å². The van der Waals surface area contributed by atoms with Crippen molar-refractivity contribution in [3.8, 4) is 5.75 Å². The molecule has 2 aromatic carbocycles. The molecule has 1 atom stereocenters. The van der Waals surface area contributed by atoms with Gasteiger partial charge >= 0.3 is 0 Å². The Morgan fingerprint density at radius 3 is 2.53 bits per heavy atom. The van der Waals surface area contributed by atoms with Crippen LogP contribution in [0.1, 0.15) is 54.1 Å². The van der Waals surface area contributed by atoms with E-state index in [4.69, 9.17) is 4.74 Å². The topological polar surface area (TPSA) is 49.8 Å². The zero-order chi connectivity index (χ0) is 21.3. The minimum atomic E-state index is -0.911. The van der Waals surface area contributed by atoms with Crippen LogP contribution in [0.15, 0.2) is 36.4 Å². The molecule has 1 N–H and O–H groups in total. The average molecular weight is 415 g/mol. The van der Waals surface area contributed by atoms with Crippen LogP contribution in [0.25, 0.3) is 0 Å². The van der Waals surface area contributed by atoms with Crippen molar-refractivity contribution in [2.75, 3.05) is 6.54 Å². The summed E-state index contributed by atoms with van der Waals surface area (Å²) >= 11 is 0. The molecule has 2 aliphatic rings. The molecule has 6 heteroatoms. The molecule has 1 heterocycles. The van der Waals surface area contributed by atoms with Gasteiger partial charge in [0.25, 0.3) is 5.91 Å². The summed E-state index contributed by atoms with van der Waals surface area (Å²) in [5, 5.41) is 9.75. The van der Waals surface area contributed by atoms with Crippen LogP contribution in [-0.2, 0) is 13.2 Å². The molecule has 4 nitrogen and oxygen atoms in total. The van der Waals surface area contributed by atoms with Crippen LogP contribution in [-0.4, -0.2) is 28.6 Å². The van der Waals surface area contributed by atoms with E-state index in [-0.39, 0.29) is 24.8 Å². The first kappa shape index (κ1) is 20.8. The lowest BCUT2D eigenvalue weighted by molar-refractivity contribution is 0.0645. The van der Waals surface area contributed by atoms with Gasteiger partial charge in [0.2, 0.25) is 0 Å². The molecule has 1 amide bonds. The second-order valence-corrected chi connectivity index (χ2v) is 8.52. The first-order valence-electron chi connectivity index (χ1n) is 10.6. The highest BCUT2D eigenvalue weighted by atomic mass is 19.1. The standard InChI is InChI=1S/C24H27F2NO3/c1-15(28)18-9-7-16(8-10-18)12-27-13-19-11-20(25)23(22(26)21(19)24(27)29)30-14-17-5-3-2-4-6-17/h2-6,11,15-16,18,28H,7-10,12-14H2,1H3/t15?,16-,18-. The summed E-state index contributed by atoms with van der Waals surface area (Å²) in [6, 6.07) is 10.3. The quantitative estimate of drug-likeness (QED) is 0.745. The number of aliphatic hydroxyl groups is 1. The van der Waals surface area contributed by atoms with E-state index in [2.05, 4.69) is 0 Å². The maximum atomic E-state index is 15.0. The summed E-state index contributed by atoms with van der Waals surface area (Å²) in [5.41, 5.74) is 1.09. The third-order valence-corrected chi connectivity index (χ3v) is 6.40. The molecular weight excluding hydrogens is 388 g/mol. The summed E-state index contributed by atoms with van der Waals surface area (Å²) in [4.78, 5) is 14.5. The van der Waals surface area contributed by atoms with Crippen molar-refractivity contribution < 1.29 is 23.4 Å². The van der Waals surface area contributed by atoms with Gasteiger partial charge in [0.15, 0.2) is 17.4 Å². The van der Waals surface area contributed by atoms with Crippen molar-refractivity contribution in [3.05, 3.63) is 64.7 Å². The number of amides is 1. The van der Waals surface area contributed by atoms with Crippen LogP contribution < -0.4 is 4.74 Å². The van der Waals surface area contributed by atoms with Crippen LogP contribution in [0.5, 0.6) is 5.75 Å². The molecule has 1 unspecified atom stereocenters. The predicted octanol–water partition coefficient (Wildman–Crippen LogP) is 4.69. The largest absolute Gasteiger partial charge is 0.483 e. The van der Waals surface area contributed by atoms with Gasteiger partial charge in [0.1, 0.15) is 6.61 Å². The molecule has 1 fully saturated rings. The fraction of sp³-hybridized carbons (Fsp3) is 0.458. The van der Waals surface area contributed by atoms with E-state index in [0.717, 1.165) is 31.2 Å². The van der Waals surface area contributed by atoms with Crippen LogP contribution >= 0.6 is 0 Å². The van der Waals surface area contributed by atoms with Crippen LogP contribution in [0.3, 0.4) is 0 Å². The lowest BCUT2D eigenvalue weighted by Gasteiger charge is -2.32. The molecule has 4 rings (SSSR count). The highest BCUT2D eigenvalue weighted by molar-refractivity contribution is 5.99. The van der Waals surface area contributed by atoms with E-state index >= 15 is 4.39 Å². The van der Waals surface area contributed by atoms with Crippen LogP contribution in [0.2, 0.25) is 0 Å². The Labute approximate surface area is 175 Å². The maximum absolute atomic E-state index is 15.0. The molecule has 0 radical (unpaired) electrons. The van der Waals surface area contributed by atoms with E-state index < -0.39 is 23.3 Å². The van der Waals surface area contributed by atoms with Crippen molar-refractivity contribution >= 4 is 5.91 Å². The Hall–Kier alpha value is -2.47. The number of hydrogen-bond acceptors (Lipinski definition) is 3. The third kappa shape index (κ3) is 4.19. The van der Waals surface area contributed by atoms with E-state index in [9.17, 15) is 14.3 Å². The van der Waals surface area contributed by atoms with Gasteiger partial charge in [-0.3, -0.25) is 4.79 Å². The second-order valence-electron chi connectivity index (χ2n) is 8.52. The minimum absolute atomic E-state index is 0.0257. The molecule has 160 valence electrons. The molecule has 2 aromatic rings. The van der Waals surface area contributed by atoms with E-state index in [1.807, 2.05) is 37.3 Å². The van der Waals surface area contributed by atoms with Gasteiger partial charge in [-0.05, 0) is 61.6 Å². The Morgan fingerprint density at radius 2 is 1.87 bits per heavy atom. The molecule has 1 aliphatic carbocycles. The molecule has 0 saturated heterocycles. The Kier molecular flexibility index (Phi) is 6.04. The maximum Gasteiger partial charge on any atom is 0.257 e. The predicted molar refractivity (Wildman–Crippen MR) is 109 cm³/mol. The average Bonchev–Trinajstić information content (AvgIpc) is 3.04. The summed E-state index contributed by atoms with van der Waals surface area (Å²) < 4.78 is 35.0. The molecule has 30 heavy (non-hydrogen) atoms. The lowest BCUT2D eigenvalue weighted by Crippen LogP contribution is -2.33. The van der Waals surface area contributed by atoms with Crippen LogP contribution in [0, 0.1) is 23.5 Å². The van der Waals surface area contributed by atoms with Crippen LogP contribution in [0.4, 0.5) is 8.78 Å². The number of benzene rings is 2. The third-order valence-electron chi connectivity index (χ3n) is 6.40. The second kappa shape index (κ2) is 8.72. The number of fused-ring (bicyclic) bond motifs is 1. The van der Waals surface area contributed by atoms with Gasteiger partial charge < -0.3 is 14.7 Å². The van der Waals surface area contributed by atoms with E-state index in [1.54, 1.807) is 4.90 Å². The highest BCUT2D eigenvalue weighted by Gasteiger charge is 2.36. The fourth-order valence-corrected chi connectivity index (χ4v) is 4.62. The zero-order valence-corrected chi connectivity index (χ0v) is 17.1. The van der Waals surface area contributed by atoms with Gasteiger partial charge in [-0.25, -0.2) is 8.78 Å². The monoisotopic (exact) mass is 415 g/mol. The van der Waals surface area contributed by atoms with E-state index in [0.29, 0.717) is 23.9 Å². The number of hydrogen-bond donors (Lipinski definition) is 1. The number of halogens is 2. The fourth-order valence-electron chi connectivity index (χ4n) is 4.62. The van der Waals surface area contributed by atoms with Gasteiger partial charge in [-0.15, -0.1) is 0 Å². The molecule has 1 saturated carbocycles. The highest BCUT2D eigenvalue weighted by Crippen LogP contribution is 2.36. The minimum Gasteiger partial charge on any atom is -0.483 e. The van der Waals surface area contributed by atoms with Gasteiger partial charge in [0.05, 0.1) is 11.7 Å². The summed E-state index contributed by atoms with van der Waals surface area (Å²) in [6.45, 7) is 2.59. The SMILES string of the molecule is CC(O)[C@H]1CC[C@H](CN2Cc3cc(F)c(OCc4ccccc4)c(F)c3C2=O)CC1. The summed E-state index contributed by atoms with van der Waals surface area (Å²) in [7, 11) is 0.